The van der Waals surface area contributed by atoms with E-state index in [2.05, 4.69) is 10.6 Å². The zero-order valence-corrected chi connectivity index (χ0v) is 20.4. The van der Waals surface area contributed by atoms with Crippen molar-refractivity contribution in [3.05, 3.63) is 54.6 Å². The van der Waals surface area contributed by atoms with Gasteiger partial charge in [-0.15, -0.1) is 0 Å². The van der Waals surface area contributed by atoms with E-state index in [0.29, 0.717) is 36.4 Å². The average molecular weight is 494 g/mol. The van der Waals surface area contributed by atoms with E-state index in [9.17, 15) is 19.5 Å². The Kier molecular flexibility index (Phi) is 6.22. The van der Waals surface area contributed by atoms with Gasteiger partial charge in [-0.3, -0.25) is 14.4 Å². The molecule has 3 heterocycles. The van der Waals surface area contributed by atoms with Crippen molar-refractivity contribution in [3.63, 3.8) is 0 Å². The average Bonchev–Trinajstić information content (AvgIpc) is 3.44. The smallest absolute Gasteiger partial charge is 0.250 e. The second-order valence-electron chi connectivity index (χ2n) is 9.91. The molecule has 190 valence electrons. The number of ether oxygens (including phenoxy) is 2. The van der Waals surface area contributed by atoms with Crippen LogP contribution in [0.1, 0.15) is 26.2 Å². The second-order valence-corrected chi connectivity index (χ2v) is 9.91. The largest absolute Gasteiger partial charge is 0.497 e. The lowest BCUT2D eigenvalue weighted by atomic mass is 9.66. The van der Waals surface area contributed by atoms with Crippen molar-refractivity contribution in [2.45, 2.75) is 43.4 Å². The zero-order valence-electron chi connectivity index (χ0n) is 20.4. The second kappa shape index (κ2) is 9.22. The molecule has 5 rings (SSSR count). The summed E-state index contributed by atoms with van der Waals surface area (Å²) in [5, 5.41) is 15.3. The molecule has 0 aromatic heterocycles. The number of benzene rings is 2. The van der Waals surface area contributed by atoms with Crippen LogP contribution in [0.4, 0.5) is 11.4 Å². The molecule has 3 aliphatic rings. The lowest BCUT2D eigenvalue weighted by Gasteiger charge is -2.33. The number of aliphatic hydroxyl groups is 1. The van der Waals surface area contributed by atoms with Crippen molar-refractivity contribution in [2.24, 2.45) is 11.8 Å². The minimum atomic E-state index is -1.11. The van der Waals surface area contributed by atoms with E-state index < -0.39 is 29.1 Å². The number of rotatable bonds is 8. The summed E-state index contributed by atoms with van der Waals surface area (Å²) in [4.78, 5) is 42.6. The van der Waals surface area contributed by atoms with Crippen molar-refractivity contribution in [1.82, 2.24) is 4.90 Å². The first-order valence-corrected chi connectivity index (χ1v) is 12.3. The Morgan fingerprint density at radius 1 is 1.06 bits per heavy atom. The van der Waals surface area contributed by atoms with E-state index in [1.807, 2.05) is 25.1 Å². The first kappa shape index (κ1) is 24.3. The topological polar surface area (TPSA) is 117 Å². The standard InChI is InChI=1S/C27H31N3O6/c1-26-13-14-27(36-26)21(20(26)23(32)28-17-7-4-3-5-8-17)25(34)30(15-6-16-31)22(27)24(33)29-18-9-11-19(35-2)12-10-18/h3-5,7-12,20-22,31H,6,13-16H2,1-2H3,(H,28,32)(H,29,33)/t20-,21-,22?,26+,27?/m0/s1. The van der Waals surface area contributed by atoms with Gasteiger partial charge in [-0.1, -0.05) is 18.2 Å². The third-order valence-corrected chi connectivity index (χ3v) is 7.76. The number of hydrogen-bond acceptors (Lipinski definition) is 6. The highest BCUT2D eigenvalue weighted by Gasteiger charge is 2.77. The zero-order chi connectivity index (χ0) is 25.5. The molecule has 3 fully saturated rings. The Hall–Kier alpha value is -3.43. The van der Waals surface area contributed by atoms with E-state index >= 15 is 0 Å². The van der Waals surface area contributed by atoms with E-state index in [-0.39, 0.29) is 30.9 Å². The number of amides is 3. The normalized spacial score (nSPS) is 30.2. The molecule has 3 amide bonds. The van der Waals surface area contributed by atoms with E-state index in [1.165, 1.54) is 4.90 Å². The molecular weight excluding hydrogens is 462 g/mol. The lowest BCUT2D eigenvalue weighted by Crippen LogP contribution is -2.53. The number of nitrogens with zero attached hydrogens (tertiary/aromatic N) is 1. The third kappa shape index (κ3) is 3.83. The van der Waals surface area contributed by atoms with Gasteiger partial charge in [0.25, 0.3) is 0 Å². The number of hydrogen-bond donors (Lipinski definition) is 3. The van der Waals surface area contributed by atoms with Crippen LogP contribution < -0.4 is 15.4 Å². The van der Waals surface area contributed by atoms with Crippen LogP contribution in [0.15, 0.2) is 54.6 Å². The summed E-state index contributed by atoms with van der Waals surface area (Å²) >= 11 is 0. The third-order valence-electron chi connectivity index (χ3n) is 7.76. The van der Waals surface area contributed by atoms with E-state index in [1.54, 1.807) is 43.5 Å². The Labute approximate surface area is 209 Å². The minimum Gasteiger partial charge on any atom is -0.497 e. The highest BCUT2D eigenvalue weighted by atomic mass is 16.5. The maximum atomic E-state index is 13.8. The van der Waals surface area contributed by atoms with Crippen LogP contribution in [0, 0.1) is 11.8 Å². The molecule has 0 saturated carbocycles. The predicted molar refractivity (Wildman–Crippen MR) is 132 cm³/mol. The molecule has 0 radical (unpaired) electrons. The monoisotopic (exact) mass is 493 g/mol. The molecule has 2 unspecified atom stereocenters. The summed E-state index contributed by atoms with van der Waals surface area (Å²) in [5.41, 5.74) is -0.774. The van der Waals surface area contributed by atoms with Crippen molar-refractivity contribution < 1.29 is 29.0 Å². The SMILES string of the molecule is COc1ccc(NC(=O)C2N(CCCO)C(=O)[C@@H]3[C@@H](C(=O)Nc4ccccc4)[C@@]4(C)CCC23O4)cc1. The maximum Gasteiger partial charge on any atom is 0.250 e. The van der Waals surface area contributed by atoms with Crippen molar-refractivity contribution in [1.29, 1.82) is 0 Å². The van der Waals surface area contributed by atoms with Crippen LogP contribution >= 0.6 is 0 Å². The number of aliphatic hydroxyl groups excluding tert-OH is 1. The number of carbonyl (C=O) groups excluding carboxylic acids is 3. The summed E-state index contributed by atoms with van der Waals surface area (Å²) in [5.74, 6) is -1.82. The summed E-state index contributed by atoms with van der Waals surface area (Å²) < 4.78 is 11.8. The molecule has 3 saturated heterocycles. The Bertz CT molecular complexity index is 1160. The van der Waals surface area contributed by atoms with Crippen molar-refractivity contribution in [2.75, 3.05) is 30.9 Å². The fourth-order valence-corrected chi connectivity index (χ4v) is 6.24. The molecule has 5 atom stereocenters. The van der Waals surface area contributed by atoms with Gasteiger partial charge in [-0.2, -0.15) is 0 Å². The minimum absolute atomic E-state index is 0.120. The Morgan fingerprint density at radius 3 is 2.39 bits per heavy atom. The molecule has 0 aliphatic carbocycles. The van der Waals surface area contributed by atoms with Gasteiger partial charge in [0.2, 0.25) is 17.7 Å². The first-order valence-electron chi connectivity index (χ1n) is 12.3. The van der Waals surface area contributed by atoms with E-state index in [0.717, 1.165) is 0 Å². The molecular formula is C27H31N3O6. The van der Waals surface area contributed by atoms with Gasteiger partial charge in [0.1, 0.15) is 17.4 Å². The highest BCUT2D eigenvalue weighted by molar-refractivity contribution is 6.05. The predicted octanol–water partition coefficient (Wildman–Crippen LogP) is 2.42. The maximum absolute atomic E-state index is 13.8. The van der Waals surface area contributed by atoms with Crippen LogP contribution in [-0.4, -0.2) is 65.2 Å². The van der Waals surface area contributed by atoms with Gasteiger partial charge in [-0.25, -0.2) is 0 Å². The highest BCUT2D eigenvalue weighted by Crippen LogP contribution is 2.63. The first-order chi connectivity index (χ1) is 17.3. The molecule has 3 aliphatic heterocycles. The fourth-order valence-electron chi connectivity index (χ4n) is 6.24. The number of para-hydroxylation sites is 1. The molecule has 2 aromatic rings. The summed E-state index contributed by atoms with van der Waals surface area (Å²) in [6.07, 6.45) is 1.37. The summed E-state index contributed by atoms with van der Waals surface area (Å²) in [6, 6.07) is 15.1. The molecule has 9 nitrogen and oxygen atoms in total. The van der Waals surface area contributed by atoms with Gasteiger partial charge in [-0.05, 0) is 62.6 Å². The van der Waals surface area contributed by atoms with Crippen LogP contribution in [0.25, 0.3) is 0 Å². The number of methoxy groups -OCH3 is 1. The van der Waals surface area contributed by atoms with Crippen LogP contribution in [0.5, 0.6) is 5.75 Å². The summed E-state index contributed by atoms with van der Waals surface area (Å²) in [6.45, 7) is 1.94. The van der Waals surface area contributed by atoms with E-state index in [4.69, 9.17) is 9.47 Å². The van der Waals surface area contributed by atoms with Gasteiger partial charge in [0.05, 0.1) is 24.5 Å². The van der Waals surface area contributed by atoms with Crippen molar-refractivity contribution >= 4 is 29.1 Å². The summed E-state index contributed by atoms with van der Waals surface area (Å²) in [7, 11) is 1.56. The molecule has 2 aromatic carbocycles. The van der Waals surface area contributed by atoms with Gasteiger partial charge in [0, 0.05) is 24.5 Å². The Morgan fingerprint density at radius 2 is 1.72 bits per heavy atom. The van der Waals surface area contributed by atoms with Gasteiger partial charge < -0.3 is 30.1 Å². The van der Waals surface area contributed by atoms with Crippen LogP contribution in [0.2, 0.25) is 0 Å². The number of likely N-dealkylation sites (tertiary alicyclic amines) is 1. The van der Waals surface area contributed by atoms with Gasteiger partial charge in [0.15, 0.2) is 0 Å². The van der Waals surface area contributed by atoms with Crippen molar-refractivity contribution in [3.8, 4) is 5.75 Å². The quantitative estimate of drug-likeness (QED) is 0.520. The Balaban J connectivity index is 1.47. The van der Waals surface area contributed by atoms with Crippen LogP contribution in [0.3, 0.4) is 0 Å². The van der Waals surface area contributed by atoms with Crippen LogP contribution in [-0.2, 0) is 19.1 Å². The number of anilines is 2. The number of carbonyl (C=O) groups is 3. The molecule has 36 heavy (non-hydrogen) atoms. The van der Waals surface area contributed by atoms with Gasteiger partial charge >= 0.3 is 0 Å². The molecule has 3 N–H and O–H groups in total. The number of nitrogens with one attached hydrogen (secondary N) is 2. The number of fused-ring (bicyclic) bond motifs is 1. The molecule has 9 heteroatoms. The molecule has 1 spiro atoms. The lowest BCUT2D eigenvalue weighted by molar-refractivity contribution is -0.143. The molecule has 2 bridgehead atoms. The fraction of sp³-hybridized carbons (Fsp3) is 0.444.